The van der Waals surface area contributed by atoms with Gasteiger partial charge in [0.25, 0.3) is 0 Å². The minimum atomic E-state index is -0.486. The number of amides is 1. The number of piperazine rings is 1. The molecule has 1 unspecified atom stereocenters. The number of hydrogen-bond donors (Lipinski definition) is 1. The summed E-state index contributed by atoms with van der Waals surface area (Å²) < 4.78 is 5.56. The van der Waals surface area contributed by atoms with Crippen LogP contribution in [0.25, 0.3) is 10.9 Å². The predicted molar refractivity (Wildman–Crippen MR) is 90.3 cm³/mol. The van der Waals surface area contributed by atoms with Crippen molar-refractivity contribution in [2.75, 3.05) is 19.6 Å². The molecule has 1 N–H and O–H groups in total. The number of rotatable bonds is 1. The van der Waals surface area contributed by atoms with E-state index in [1.807, 2.05) is 49.9 Å². The Morgan fingerprint density at radius 3 is 2.96 bits per heavy atom. The first-order valence-electron chi connectivity index (χ1n) is 7.99. The molecule has 23 heavy (non-hydrogen) atoms. The Labute approximate surface area is 136 Å². The van der Waals surface area contributed by atoms with Crippen LogP contribution in [0.5, 0.6) is 0 Å². The first-order valence-corrected chi connectivity index (χ1v) is 7.99. The van der Waals surface area contributed by atoms with Gasteiger partial charge >= 0.3 is 6.09 Å². The lowest BCUT2D eigenvalue weighted by Crippen LogP contribution is -2.50. The number of benzene rings is 1. The van der Waals surface area contributed by atoms with Gasteiger partial charge in [0.05, 0.1) is 11.6 Å². The molecule has 0 aliphatic carbocycles. The Kier molecular flexibility index (Phi) is 4.22. The van der Waals surface area contributed by atoms with Crippen LogP contribution >= 0.6 is 0 Å². The predicted octanol–water partition coefficient (Wildman–Crippen LogP) is 3.12. The van der Waals surface area contributed by atoms with Crippen LogP contribution in [0.3, 0.4) is 0 Å². The number of fused-ring (bicyclic) bond motifs is 1. The quantitative estimate of drug-likeness (QED) is 0.879. The standard InChI is InChI=1S/C18H23N3O2/c1-18(2,3)23-17(22)21-10-9-19-12-16(21)14-6-7-15-13(11-14)5-4-8-20-15/h4-8,11,16,19H,9-10,12H2,1-3H3. The van der Waals surface area contributed by atoms with E-state index in [0.717, 1.165) is 29.6 Å². The van der Waals surface area contributed by atoms with Crippen LogP contribution in [0.4, 0.5) is 4.79 Å². The lowest BCUT2D eigenvalue weighted by molar-refractivity contribution is 0.0118. The molecule has 0 saturated carbocycles. The van der Waals surface area contributed by atoms with E-state index < -0.39 is 5.60 Å². The number of pyridine rings is 1. The van der Waals surface area contributed by atoms with Crippen LogP contribution in [0, 0.1) is 0 Å². The Morgan fingerprint density at radius 2 is 2.17 bits per heavy atom. The molecule has 1 aromatic heterocycles. The van der Waals surface area contributed by atoms with E-state index in [1.165, 1.54) is 0 Å². The lowest BCUT2D eigenvalue weighted by atomic mass is 10.0. The molecule has 1 aliphatic rings. The van der Waals surface area contributed by atoms with Crippen LogP contribution < -0.4 is 5.32 Å². The number of carbonyl (C=O) groups is 1. The van der Waals surface area contributed by atoms with Gasteiger partial charge in [-0.1, -0.05) is 12.1 Å². The zero-order chi connectivity index (χ0) is 16.4. The summed E-state index contributed by atoms with van der Waals surface area (Å²) in [7, 11) is 0. The van der Waals surface area contributed by atoms with Gasteiger partial charge in [-0.15, -0.1) is 0 Å². The van der Waals surface area contributed by atoms with Gasteiger partial charge in [0.15, 0.2) is 0 Å². The van der Waals surface area contributed by atoms with Gasteiger partial charge in [0.1, 0.15) is 5.60 Å². The van der Waals surface area contributed by atoms with Crippen LogP contribution in [0.1, 0.15) is 32.4 Å². The average molecular weight is 313 g/mol. The number of aromatic nitrogens is 1. The molecule has 1 amide bonds. The van der Waals surface area contributed by atoms with E-state index in [0.29, 0.717) is 6.54 Å². The first-order chi connectivity index (χ1) is 10.9. The third-order valence-corrected chi connectivity index (χ3v) is 3.88. The first kappa shape index (κ1) is 15.7. The second-order valence-electron chi connectivity index (χ2n) is 6.85. The molecule has 1 fully saturated rings. The zero-order valence-corrected chi connectivity index (χ0v) is 13.9. The minimum Gasteiger partial charge on any atom is -0.444 e. The Balaban J connectivity index is 1.89. The molecule has 3 rings (SSSR count). The van der Waals surface area contributed by atoms with Crippen molar-refractivity contribution in [3.63, 3.8) is 0 Å². The van der Waals surface area contributed by atoms with Crippen LogP contribution in [0.15, 0.2) is 36.5 Å². The molecule has 1 aliphatic heterocycles. The summed E-state index contributed by atoms with van der Waals surface area (Å²) in [4.78, 5) is 18.7. The highest BCUT2D eigenvalue weighted by Gasteiger charge is 2.31. The van der Waals surface area contributed by atoms with E-state index in [9.17, 15) is 4.79 Å². The third kappa shape index (κ3) is 3.62. The van der Waals surface area contributed by atoms with Crippen molar-refractivity contribution in [2.45, 2.75) is 32.4 Å². The zero-order valence-electron chi connectivity index (χ0n) is 13.9. The molecule has 5 heteroatoms. The summed E-state index contributed by atoms with van der Waals surface area (Å²) in [6.07, 6.45) is 1.53. The molecule has 1 saturated heterocycles. The highest BCUT2D eigenvalue weighted by Crippen LogP contribution is 2.26. The largest absolute Gasteiger partial charge is 0.444 e. The van der Waals surface area contributed by atoms with Gasteiger partial charge in [-0.3, -0.25) is 9.88 Å². The van der Waals surface area contributed by atoms with Crippen molar-refractivity contribution in [2.24, 2.45) is 0 Å². The maximum atomic E-state index is 12.5. The van der Waals surface area contributed by atoms with Gasteiger partial charge in [-0.25, -0.2) is 4.79 Å². The van der Waals surface area contributed by atoms with E-state index >= 15 is 0 Å². The smallest absolute Gasteiger partial charge is 0.410 e. The fraction of sp³-hybridized carbons (Fsp3) is 0.444. The maximum Gasteiger partial charge on any atom is 0.410 e. The Bertz CT molecular complexity index is 709. The fourth-order valence-electron chi connectivity index (χ4n) is 2.84. The van der Waals surface area contributed by atoms with E-state index in [1.54, 1.807) is 6.20 Å². The van der Waals surface area contributed by atoms with Crippen molar-refractivity contribution in [1.29, 1.82) is 0 Å². The molecule has 0 spiro atoms. The van der Waals surface area contributed by atoms with Gasteiger partial charge in [0, 0.05) is 31.2 Å². The summed E-state index contributed by atoms with van der Waals surface area (Å²) in [5.74, 6) is 0. The van der Waals surface area contributed by atoms with Crippen molar-refractivity contribution in [3.05, 3.63) is 42.1 Å². The van der Waals surface area contributed by atoms with Gasteiger partial charge in [-0.2, -0.15) is 0 Å². The van der Waals surface area contributed by atoms with Crippen molar-refractivity contribution < 1.29 is 9.53 Å². The normalized spacial score (nSPS) is 18.9. The second kappa shape index (κ2) is 6.16. The molecular formula is C18H23N3O2. The molecule has 122 valence electrons. The molecule has 1 atom stereocenters. The average Bonchev–Trinajstić information content (AvgIpc) is 2.53. The molecular weight excluding hydrogens is 290 g/mol. The van der Waals surface area contributed by atoms with Gasteiger partial charge in [-0.05, 0) is 44.5 Å². The monoisotopic (exact) mass is 313 g/mol. The van der Waals surface area contributed by atoms with Crippen molar-refractivity contribution in [1.82, 2.24) is 15.2 Å². The van der Waals surface area contributed by atoms with Crippen molar-refractivity contribution in [3.8, 4) is 0 Å². The highest BCUT2D eigenvalue weighted by atomic mass is 16.6. The van der Waals surface area contributed by atoms with Crippen LogP contribution in [-0.4, -0.2) is 41.2 Å². The van der Waals surface area contributed by atoms with Gasteiger partial charge in [0.2, 0.25) is 0 Å². The minimum absolute atomic E-state index is 0.0248. The molecule has 5 nitrogen and oxygen atoms in total. The summed E-state index contributed by atoms with van der Waals surface area (Å²) in [5.41, 5.74) is 1.58. The Hall–Kier alpha value is -2.14. The highest BCUT2D eigenvalue weighted by molar-refractivity contribution is 5.79. The fourth-order valence-corrected chi connectivity index (χ4v) is 2.84. The van der Waals surface area contributed by atoms with Crippen molar-refractivity contribution >= 4 is 17.0 Å². The SMILES string of the molecule is CC(C)(C)OC(=O)N1CCNCC1c1ccc2ncccc2c1. The topological polar surface area (TPSA) is 54.5 Å². The molecule has 2 heterocycles. The van der Waals surface area contributed by atoms with E-state index in [-0.39, 0.29) is 12.1 Å². The number of ether oxygens (including phenoxy) is 1. The van der Waals surface area contributed by atoms with E-state index in [2.05, 4.69) is 16.4 Å². The molecule has 1 aromatic carbocycles. The number of hydrogen-bond acceptors (Lipinski definition) is 4. The summed E-state index contributed by atoms with van der Waals surface area (Å²) in [6, 6.07) is 10.1. The molecule has 0 radical (unpaired) electrons. The summed E-state index contributed by atoms with van der Waals surface area (Å²) in [5, 5.41) is 4.45. The van der Waals surface area contributed by atoms with Crippen LogP contribution in [-0.2, 0) is 4.74 Å². The molecule has 0 bridgehead atoms. The third-order valence-electron chi connectivity index (χ3n) is 3.88. The number of nitrogens with one attached hydrogen (secondary N) is 1. The summed E-state index contributed by atoms with van der Waals surface area (Å²) >= 11 is 0. The lowest BCUT2D eigenvalue weighted by Gasteiger charge is -2.37. The number of nitrogens with zero attached hydrogens (tertiary/aromatic N) is 2. The Morgan fingerprint density at radius 1 is 1.35 bits per heavy atom. The summed E-state index contributed by atoms with van der Waals surface area (Å²) in [6.45, 7) is 7.83. The molecule has 2 aromatic rings. The maximum absolute atomic E-state index is 12.5. The second-order valence-corrected chi connectivity index (χ2v) is 6.85. The number of carbonyl (C=O) groups excluding carboxylic acids is 1. The van der Waals surface area contributed by atoms with E-state index in [4.69, 9.17) is 4.74 Å². The van der Waals surface area contributed by atoms with Gasteiger partial charge < -0.3 is 10.1 Å². The van der Waals surface area contributed by atoms with Crippen LogP contribution in [0.2, 0.25) is 0 Å².